The van der Waals surface area contributed by atoms with E-state index in [-0.39, 0.29) is 17.9 Å². The van der Waals surface area contributed by atoms with Gasteiger partial charge in [0.05, 0.1) is 11.7 Å². The number of hydrogen-bond acceptors (Lipinski definition) is 4. The van der Waals surface area contributed by atoms with Gasteiger partial charge in [-0.3, -0.25) is 14.2 Å². The van der Waals surface area contributed by atoms with Crippen LogP contribution in [0.2, 0.25) is 0 Å². The molecule has 1 N–H and O–H groups in total. The van der Waals surface area contributed by atoms with Crippen molar-refractivity contribution in [3.63, 3.8) is 0 Å². The highest BCUT2D eigenvalue weighted by atomic mass is 32.1. The number of carbonyl (C=O) groups excluding carboxylic acids is 1. The first-order valence-corrected chi connectivity index (χ1v) is 9.78. The second-order valence-electron chi connectivity index (χ2n) is 6.94. The van der Waals surface area contributed by atoms with E-state index < -0.39 is 0 Å². The molecule has 1 amide bonds. The predicted molar refractivity (Wildman–Crippen MR) is 105 cm³/mol. The largest absolute Gasteiger partial charge is 0.326 e. The van der Waals surface area contributed by atoms with E-state index in [0.717, 1.165) is 35.2 Å². The predicted octanol–water partition coefficient (Wildman–Crippen LogP) is 3.61. The smallest absolute Gasteiger partial charge is 0.262 e. The fourth-order valence-electron chi connectivity index (χ4n) is 3.49. The third kappa shape index (κ3) is 3.29. The van der Waals surface area contributed by atoms with Gasteiger partial charge in [-0.1, -0.05) is 25.1 Å². The van der Waals surface area contributed by atoms with E-state index in [0.29, 0.717) is 12.5 Å². The van der Waals surface area contributed by atoms with Gasteiger partial charge in [-0.2, -0.15) is 0 Å². The second-order valence-corrected chi connectivity index (χ2v) is 8.02. The van der Waals surface area contributed by atoms with E-state index in [1.807, 2.05) is 30.3 Å². The summed E-state index contributed by atoms with van der Waals surface area (Å²) in [7, 11) is 0. The molecular formula is C20H21N3O2S. The van der Waals surface area contributed by atoms with Gasteiger partial charge in [0.25, 0.3) is 5.56 Å². The third-order valence-corrected chi connectivity index (χ3v) is 6.08. The van der Waals surface area contributed by atoms with Crippen molar-refractivity contribution in [1.82, 2.24) is 9.55 Å². The summed E-state index contributed by atoms with van der Waals surface area (Å²) in [5.41, 5.74) is 1.93. The molecule has 0 fully saturated rings. The van der Waals surface area contributed by atoms with Gasteiger partial charge in [0.1, 0.15) is 4.83 Å². The molecule has 2 aromatic heterocycles. The number of amides is 1. The van der Waals surface area contributed by atoms with Crippen molar-refractivity contribution in [2.45, 2.75) is 39.2 Å². The summed E-state index contributed by atoms with van der Waals surface area (Å²) in [6.45, 7) is 2.59. The molecule has 6 heteroatoms. The third-order valence-electron chi connectivity index (χ3n) is 4.92. The zero-order valence-corrected chi connectivity index (χ0v) is 15.5. The van der Waals surface area contributed by atoms with E-state index in [9.17, 15) is 9.59 Å². The number of rotatable bonds is 4. The van der Waals surface area contributed by atoms with Crippen LogP contribution in [0.5, 0.6) is 0 Å². The van der Waals surface area contributed by atoms with Crippen LogP contribution in [0.15, 0.2) is 41.5 Å². The van der Waals surface area contributed by atoms with Crippen molar-refractivity contribution in [3.05, 3.63) is 57.5 Å². The molecule has 1 aliphatic rings. The van der Waals surface area contributed by atoms with E-state index in [2.05, 4.69) is 17.2 Å². The van der Waals surface area contributed by atoms with Gasteiger partial charge in [0.15, 0.2) is 0 Å². The quantitative estimate of drug-likeness (QED) is 0.766. The maximum atomic E-state index is 12.9. The van der Waals surface area contributed by atoms with Crippen molar-refractivity contribution in [2.75, 3.05) is 5.32 Å². The number of thiophene rings is 1. The van der Waals surface area contributed by atoms with Crippen LogP contribution in [-0.2, 0) is 24.2 Å². The van der Waals surface area contributed by atoms with E-state index in [4.69, 9.17) is 0 Å². The Balaban J connectivity index is 1.53. The number of anilines is 1. The number of benzene rings is 1. The van der Waals surface area contributed by atoms with Gasteiger partial charge in [-0.05, 0) is 42.9 Å². The van der Waals surface area contributed by atoms with Crippen LogP contribution in [0.1, 0.15) is 30.2 Å². The summed E-state index contributed by atoms with van der Waals surface area (Å²) in [5, 5.41) is 3.61. The highest BCUT2D eigenvalue weighted by molar-refractivity contribution is 7.18. The normalized spacial score (nSPS) is 16.4. The molecule has 1 aliphatic carbocycles. The Kier molecular flexibility index (Phi) is 4.59. The van der Waals surface area contributed by atoms with Crippen LogP contribution >= 0.6 is 11.3 Å². The maximum Gasteiger partial charge on any atom is 0.262 e. The molecule has 26 heavy (non-hydrogen) atoms. The maximum absolute atomic E-state index is 12.9. The van der Waals surface area contributed by atoms with Crippen LogP contribution in [0, 0.1) is 5.92 Å². The number of aryl methyl sites for hydroxylation is 2. The Morgan fingerprint density at radius 1 is 1.35 bits per heavy atom. The zero-order chi connectivity index (χ0) is 18.1. The molecule has 134 valence electrons. The molecular weight excluding hydrogens is 346 g/mol. The average molecular weight is 367 g/mol. The van der Waals surface area contributed by atoms with Crippen LogP contribution in [0.3, 0.4) is 0 Å². The standard InChI is InChI=1S/C20H21N3O2S/c1-13-7-8-15-16(11-13)26-19-18(15)20(25)23(12-21-19)10-9-17(24)22-14-5-3-2-4-6-14/h2-6,12-13H,7-11H2,1H3,(H,22,24). The molecule has 0 bridgehead atoms. The topological polar surface area (TPSA) is 64.0 Å². The fraction of sp³-hybridized carbons (Fsp3) is 0.350. The lowest BCUT2D eigenvalue weighted by atomic mass is 9.89. The summed E-state index contributed by atoms with van der Waals surface area (Å²) >= 11 is 1.65. The van der Waals surface area contributed by atoms with Crippen LogP contribution in [0.4, 0.5) is 5.69 Å². The molecule has 0 aliphatic heterocycles. The molecule has 5 nitrogen and oxygen atoms in total. The highest BCUT2D eigenvalue weighted by Gasteiger charge is 2.23. The number of carbonyl (C=O) groups is 1. The molecule has 3 aromatic rings. The lowest BCUT2D eigenvalue weighted by molar-refractivity contribution is -0.116. The number of aromatic nitrogens is 2. The average Bonchev–Trinajstić information content (AvgIpc) is 3.00. The van der Waals surface area contributed by atoms with Crippen LogP contribution < -0.4 is 10.9 Å². The van der Waals surface area contributed by atoms with Crippen LogP contribution in [0.25, 0.3) is 10.2 Å². The number of nitrogens with one attached hydrogen (secondary N) is 1. The van der Waals surface area contributed by atoms with Gasteiger partial charge >= 0.3 is 0 Å². The van der Waals surface area contributed by atoms with Crippen LogP contribution in [-0.4, -0.2) is 15.5 Å². The first-order valence-electron chi connectivity index (χ1n) is 8.96. The molecule has 1 aromatic carbocycles. The minimum Gasteiger partial charge on any atom is -0.326 e. The zero-order valence-electron chi connectivity index (χ0n) is 14.7. The number of nitrogens with zero attached hydrogens (tertiary/aromatic N) is 2. The summed E-state index contributed by atoms with van der Waals surface area (Å²) in [4.78, 5) is 31.7. The molecule has 1 atom stereocenters. The Hall–Kier alpha value is -2.47. The number of hydrogen-bond donors (Lipinski definition) is 1. The molecule has 2 heterocycles. The summed E-state index contributed by atoms with van der Waals surface area (Å²) in [6, 6.07) is 9.34. The van der Waals surface area contributed by atoms with E-state index in [1.54, 1.807) is 22.2 Å². The van der Waals surface area contributed by atoms with Crippen molar-refractivity contribution in [3.8, 4) is 0 Å². The van der Waals surface area contributed by atoms with E-state index >= 15 is 0 Å². The number of fused-ring (bicyclic) bond motifs is 3. The summed E-state index contributed by atoms with van der Waals surface area (Å²) in [6.07, 6.45) is 4.92. The van der Waals surface area contributed by atoms with Crippen molar-refractivity contribution < 1.29 is 4.79 Å². The monoisotopic (exact) mass is 367 g/mol. The minimum absolute atomic E-state index is 0.0189. The summed E-state index contributed by atoms with van der Waals surface area (Å²) < 4.78 is 1.57. The molecule has 0 spiro atoms. The fourth-order valence-corrected chi connectivity index (χ4v) is 4.83. The van der Waals surface area contributed by atoms with E-state index in [1.165, 1.54) is 10.4 Å². The first-order chi connectivity index (χ1) is 12.6. The number of para-hydroxylation sites is 1. The van der Waals surface area contributed by atoms with Gasteiger partial charge in [0.2, 0.25) is 5.91 Å². The molecule has 0 saturated carbocycles. The Labute approximate surface area is 155 Å². The van der Waals surface area contributed by atoms with Crippen molar-refractivity contribution in [2.24, 2.45) is 5.92 Å². The van der Waals surface area contributed by atoms with Crippen molar-refractivity contribution in [1.29, 1.82) is 0 Å². The first kappa shape index (κ1) is 17.0. The molecule has 4 rings (SSSR count). The Bertz CT molecular complexity index is 1010. The minimum atomic E-state index is -0.107. The van der Waals surface area contributed by atoms with Gasteiger partial charge < -0.3 is 5.32 Å². The Morgan fingerprint density at radius 3 is 2.96 bits per heavy atom. The molecule has 0 radical (unpaired) electrons. The van der Waals surface area contributed by atoms with Gasteiger partial charge in [0, 0.05) is 23.5 Å². The Morgan fingerprint density at radius 2 is 2.15 bits per heavy atom. The van der Waals surface area contributed by atoms with Gasteiger partial charge in [-0.15, -0.1) is 11.3 Å². The van der Waals surface area contributed by atoms with Crippen molar-refractivity contribution >= 4 is 33.1 Å². The van der Waals surface area contributed by atoms with Gasteiger partial charge in [-0.25, -0.2) is 4.98 Å². The molecule has 0 saturated heterocycles. The lowest BCUT2D eigenvalue weighted by Crippen LogP contribution is -2.24. The second kappa shape index (κ2) is 7.03. The molecule has 1 unspecified atom stereocenters. The summed E-state index contributed by atoms with van der Waals surface area (Å²) in [5.74, 6) is 0.559. The highest BCUT2D eigenvalue weighted by Crippen LogP contribution is 2.35. The SMILES string of the molecule is CC1CCc2c(sc3ncn(CCC(=O)Nc4ccccc4)c(=O)c23)C1. The lowest BCUT2D eigenvalue weighted by Gasteiger charge is -2.17.